The second-order valence-corrected chi connectivity index (χ2v) is 4.36. The Hall–Kier alpha value is -0.0800. The Morgan fingerprint density at radius 1 is 1.29 bits per heavy atom. The minimum atomic E-state index is -0.245. The number of ether oxygens (including phenoxy) is 1. The van der Waals surface area contributed by atoms with Crippen LogP contribution in [0.5, 0.6) is 0 Å². The zero-order valence-electron chi connectivity index (χ0n) is 9.59. The SMILES string of the molecule is CCCCC(O)C1(OCC)CCCC1. The van der Waals surface area contributed by atoms with Crippen molar-refractivity contribution in [1.29, 1.82) is 0 Å². The van der Waals surface area contributed by atoms with Crippen molar-refractivity contribution in [2.24, 2.45) is 0 Å². The average molecular weight is 200 g/mol. The fourth-order valence-corrected chi connectivity index (χ4v) is 2.50. The summed E-state index contributed by atoms with van der Waals surface area (Å²) in [6.07, 6.45) is 7.43. The standard InChI is InChI=1S/C12H24O2/c1-3-5-8-11(13)12(14-4-2)9-6-7-10-12/h11,13H,3-10H2,1-2H3. The molecule has 1 aliphatic rings. The highest BCUT2D eigenvalue weighted by atomic mass is 16.5. The summed E-state index contributed by atoms with van der Waals surface area (Å²) < 4.78 is 5.80. The van der Waals surface area contributed by atoms with Gasteiger partial charge in [-0.1, -0.05) is 32.6 Å². The Labute approximate surface area is 87.7 Å². The van der Waals surface area contributed by atoms with Crippen LogP contribution in [0, 0.1) is 0 Å². The van der Waals surface area contributed by atoms with Gasteiger partial charge in [-0.15, -0.1) is 0 Å². The number of hydrogen-bond acceptors (Lipinski definition) is 2. The van der Waals surface area contributed by atoms with E-state index in [4.69, 9.17) is 4.74 Å². The van der Waals surface area contributed by atoms with Gasteiger partial charge in [0.15, 0.2) is 0 Å². The summed E-state index contributed by atoms with van der Waals surface area (Å²) >= 11 is 0. The highest BCUT2D eigenvalue weighted by molar-refractivity contribution is 4.92. The van der Waals surface area contributed by atoms with Crippen LogP contribution >= 0.6 is 0 Å². The van der Waals surface area contributed by atoms with Gasteiger partial charge in [0.25, 0.3) is 0 Å². The van der Waals surface area contributed by atoms with E-state index in [-0.39, 0.29) is 11.7 Å². The van der Waals surface area contributed by atoms with E-state index in [1.54, 1.807) is 0 Å². The molecule has 0 amide bonds. The predicted octanol–water partition coefficient (Wildman–Crippen LogP) is 2.89. The minimum absolute atomic E-state index is 0.191. The molecule has 1 saturated carbocycles. The van der Waals surface area contributed by atoms with E-state index in [1.807, 2.05) is 6.92 Å². The van der Waals surface area contributed by atoms with Gasteiger partial charge in [-0.05, 0) is 26.2 Å². The third kappa shape index (κ3) is 2.71. The quantitative estimate of drug-likeness (QED) is 0.714. The summed E-state index contributed by atoms with van der Waals surface area (Å²) in [5.41, 5.74) is -0.191. The summed E-state index contributed by atoms with van der Waals surface area (Å²) in [5, 5.41) is 10.1. The summed E-state index contributed by atoms with van der Waals surface area (Å²) in [6.45, 7) is 4.91. The lowest BCUT2D eigenvalue weighted by Gasteiger charge is -2.34. The largest absolute Gasteiger partial charge is 0.390 e. The molecule has 1 rings (SSSR count). The van der Waals surface area contributed by atoms with E-state index >= 15 is 0 Å². The molecule has 0 radical (unpaired) electrons. The molecule has 0 spiro atoms. The zero-order chi connectivity index (χ0) is 10.4. The molecule has 14 heavy (non-hydrogen) atoms. The van der Waals surface area contributed by atoms with E-state index < -0.39 is 0 Å². The molecule has 0 aliphatic heterocycles. The molecule has 0 bridgehead atoms. The van der Waals surface area contributed by atoms with Crippen molar-refractivity contribution in [2.45, 2.75) is 70.5 Å². The number of hydrogen-bond donors (Lipinski definition) is 1. The third-order valence-electron chi connectivity index (χ3n) is 3.32. The number of aliphatic hydroxyl groups is 1. The van der Waals surface area contributed by atoms with Gasteiger partial charge < -0.3 is 9.84 Å². The summed E-state index contributed by atoms with van der Waals surface area (Å²) in [4.78, 5) is 0. The van der Waals surface area contributed by atoms with Gasteiger partial charge in [-0.3, -0.25) is 0 Å². The normalized spacial score (nSPS) is 22.5. The van der Waals surface area contributed by atoms with Crippen LogP contribution in [0.1, 0.15) is 58.8 Å². The molecule has 1 aliphatic carbocycles. The van der Waals surface area contributed by atoms with Crippen molar-refractivity contribution >= 4 is 0 Å². The fraction of sp³-hybridized carbons (Fsp3) is 1.00. The van der Waals surface area contributed by atoms with Crippen molar-refractivity contribution in [3.63, 3.8) is 0 Å². The molecule has 0 saturated heterocycles. The number of unbranched alkanes of at least 4 members (excludes halogenated alkanes) is 1. The highest BCUT2D eigenvalue weighted by Gasteiger charge is 2.40. The first-order chi connectivity index (χ1) is 6.75. The molecule has 1 N–H and O–H groups in total. The second kappa shape index (κ2) is 5.72. The molecule has 2 heteroatoms. The summed E-state index contributed by atoms with van der Waals surface area (Å²) in [5.74, 6) is 0. The monoisotopic (exact) mass is 200 g/mol. The number of rotatable bonds is 6. The van der Waals surface area contributed by atoms with Crippen molar-refractivity contribution in [1.82, 2.24) is 0 Å². The van der Waals surface area contributed by atoms with Gasteiger partial charge in [-0.25, -0.2) is 0 Å². The zero-order valence-corrected chi connectivity index (χ0v) is 9.59. The van der Waals surface area contributed by atoms with Crippen LogP contribution in [-0.2, 0) is 4.74 Å². The van der Waals surface area contributed by atoms with Crippen molar-refractivity contribution in [3.05, 3.63) is 0 Å². The molecule has 0 aromatic rings. The first kappa shape index (κ1) is 12.0. The van der Waals surface area contributed by atoms with Crippen LogP contribution in [0.4, 0.5) is 0 Å². The second-order valence-electron chi connectivity index (χ2n) is 4.36. The van der Waals surface area contributed by atoms with E-state index in [0.29, 0.717) is 0 Å². The van der Waals surface area contributed by atoms with Gasteiger partial charge in [0.1, 0.15) is 0 Å². The molecule has 0 aromatic carbocycles. The molecule has 2 nitrogen and oxygen atoms in total. The maximum absolute atomic E-state index is 10.1. The average Bonchev–Trinajstić information content (AvgIpc) is 2.64. The van der Waals surface area contributed by atoms with Gasteiger partial charge in [0.2, 0.25) is 0 Å². The Morgan fingerprint density at radius 2 is 1.93 bits per heavy atom. The fourth-order valence-electron chi connectivity index (χ4n) is 2.50. The summed E-state index contributed by atoms with van der Waals surface area (Å²) in [6, 6.07) is 0. The molecular weight excluding hydrogens is 176 g/mol. The molecule has 84 valence electrons. The highest BCUT2D eigenvalue weighted by Crippen LogP contribution is 2.37. The first-order valence-corrected chi connectivity index (χ1v) is 6.07. The Bertz CT molecular complexity index is 150. The van der Waals surface area contributed by atoms with E-state index in [1.165, 1.54) is 12.8 Å². The molecular formula is C12H24O2. The van der Waals surface area contributed by atoms with Crippen LogP contribution in [-0.4, -0.2) is 23.4 Å². The van der Waals surface area contributed by atoms with Crippen LogP contribution in [0.2, 0.25) is 0 Å². The Kier molecular flexibility index (Phi) is 4.90. The van der Waals surface area contributed by atoms with E-state index in [9.17, 15) is 5.11 Å². The Morgan fingerprint density at radius 3 is 2.43 bits per heavy atom. The lowest BCUT2D eigenvalue weighted by molar-refractivity contribution is -0.118. The van der Waals surface area contributed by atoms with Gasteiger partial charge in [0, 0.05) is 6.61 Å². The van der Waals surface area contributed by atoms with E-state index in [0.717, 1.165) is 38.7 Å². The van der Waals surface area contributed by atoms with Gasteiger partial charge in [-0.2, -0.15) is 0 Å². The van der Waals surface area contributed by atoms with Crippen molar-refractivity contribution in [3.8, 4) is 0 Å². The van der Waals surface area contributed by atoms with Crippen LogP contribution in [0.3, 0.4) is 0 Å². The molecule has 1 fully saturated rings. The van der Waals surface area contributed by atoms with Crippen LogP contribution < -0.4 is 0 Å². The third-order valence-corrected chi connectivity index (χ3v) is 3.32. The van der Waals surface area contributed by atoms with Crippen molar-refractivity contribution < 1.29 is 9.84 Å². The van der Waals surface area contributed by atoms with Crippen LogP contribution in [0.15, 0.2) is 0 Å². The minimum Gasteiger partial charge on any atom is -0.390 e. The maximum atomic E-state index is 10.1. The van der Waals surface area contributed by atoms with Gasteiger partial charge in [0.05, 0.1) is 11.7 Å². The van der Waals surface area contributed by atoms with E-state index in [2.05, 4.69) is 6.92 Å². The first-order valence-electron chi connectivity index (χ1n) is 6.07. The lowest BCUT2D eigenvalue weighted by atomic mass is 9.91. The lowest BCUT2D eigenvalue weighted by Crippen LogP contribution is -2.42. The predicted molar refractivity (Wildman–Crippen MR) is 58.4 cm³/mol. The summed E-state index contributed by atoms with van der Waals surface area (Å²) in [7, 11) is 0. The van der Waals surface area contributed by atoms with Gasteiger partial charge >= 0.3 is 0 Å². The van der Waals surface area contributed by atoms with Crippen molar-refractivity contribution in [2.75, 3.05) is 6.61 Å². The Balaban J connectivity index is 2.48. The maximum Gasteiger partial charge on any atom is 0.0939 e. The molecule has 0 aromatic heterocycles. The topological polar surface area (TPSA) is 29.5 Å². The molecule has 0 heterocycles. The smallest absolute Gasteiger partial charge is 0.0939 e. The van der Waals surface area contributed by atoms with Crippen LogP contribution in [0.25, 0.3) is 0 Å². The number of aliphatic hydroxyl groups excluding tert-OH is 1. The molecule has 1 atom stereocenters. The molecule has 1 unspecified atom stereocenters.